The van der Waals surface area contributed by atoms with Crippen molar-refractivity contribution in [1.82, 2.24) is 15.6 Å². The van der Waals surface area contributed by atoms with Crippen LogP contribution in [0.5, 0.6) is 11.5 Å². The molecule has 3 N–H and O–H groups in total. The number of aliphatic carboxylic acids is 1. The number of aliphatic hydroxyl groups excluding tert-OH is 1. The summed E-state index contributed by atoms with van der Waals surface area (Å²) in [5, 5.41) is 41.5. The van der Waals surface area contributed by atoms with Gasteiger partial charge in [-0.3, -0.25) is 20.2 Å². The van der Waals surface area contributed by atoms with Crippen LogP contribution in [-0.2, 0) is 24.6 Å². The van der Waals surface area contributed by atoms with Gasteiger partial charge in [-0.2, -0.15) is 0 Å². The Morgan fingerprint density at radius 3 is 2.47 bits per heavy atom. The van der Waals surface area contributed by atoms with Crippen molar-refractivity contribution in [3.8, 4) is 22.6 Å². The van der Waals surface area contributed by atoms with Gasteiger partial charge in [0.05, 0.1) is 16.6 Å². The summed E-state index contributed by atoms with van der Waals surface area (Å²) in [4.78, 5) is 22.9. The standard InChI is InChI=1S/C30H25ClN4O8/c31-29-20(7-4-8-22(29)19-5-2-1-3-6-19)17-42-28-13-27(41-16-18-9-10-23-24(11-18)34-43-33-23)21(12-26(28)35(39)40)14-32-25(15-36)30(37)38/h1-13,25,32,36H,14-17H2,(H,37,38). The van der Waals surface area contributed by atoms with E-state index in [4.69, 9.17) is 25.7 Å². The lowest BCUT2D eigenvalue weighted by Gasteiger charge is -2.17. The van der Waals surface area contributed by atoms with Crippen LogP contribution in [0, 0.1) is 10.1 Å². The lowest BCUT2D eigenvalue weighted by atomic mass is 10.0. The molecule has 5 aromatic rings. The van der Waals surface area contributed by atoms with Crippen molar-refractivity contribution in [3.05, 3.63) is 111 Å². The molecule has 0 aliphatic heterocycles. The lowest BCUT2D eigenvalue weighted by Crippen LogP contribution is -2.39. The Bertz CT molecular complexity index is 1760. The molecule has 0 spiro atoms. The highest BCUT2D eigenvalue weighted by molar-refractivity contribution is 6.34. The second-order valence-electron chi connectivity index (χ2n) is 9.45. The number of benzene rings is 4. The first-order valence-electron chi connectivity index (χ1n) is 13.0. The molecule has 0 radical (unpaired) electrons. The predicted molar refractivity (Wildman–Crippen MR) is 156 cm³/mol. The highest BCUT2D eigenvalue weighted by Crippen LogP contribution is 2.37. The topological polar surface area (TPSA) is 170 Å². The SMILES string of the molecule is O=C(O)C(CO)NCc1cc([N+](=O)[O-])c(OCc2cccc(-c3ccccc3)c2Cl)cc1OCc1ccc2nonc2c1. The molecule has 4 aromatic carbocycles. The molecule has 0 aliphatic carbocycles. The van der Waals surface area contributed by atoms with Gasteiger partial charge in [-0.1, -0.05) is 66.2 Å². The van der Waals surface area contributed by atoms with Gasteiger partial charge in [-0.05, 0) is 33.6 Å². The van der Waals surface area contributed by atoms with Gasteiger partial charge in [0, 0.05) is 35.4 Å². The number of nitrogens with zero attached hydrogens (tertiary/aromatic N) is 3. The molecule has 1 aromatic heterocycles. The molecule has 5 rings (SSSR count). The average Bonchev–Trinajstić information content (AvgIpc) is 3.48. The van der Waals surface area contributed by atoms with Crippen LogP contribution in [0.15, 0.2) is 83.5 Å². The van der Waals surface area contributed by atoms with Crippen LogP contribution in [0.4, 0.5) is 5.69 Å². The van der Waals surface area contributed by atoms with Gasteiger partial charge < -0.3 is 19.7 Å². The number of aromatic nitrogens is 2. The molecule has 43 heavy (non-hydrogen) atoms. The minimum atomic E-state index is -1.29. The minimum Gasteiger partial charge on any atom is -0.488 e. The molecule has 1 atom stereocenters. The molecule has 0 saturated heterocycles. The summed E-state index contributed by atoms with van der Waals surface area (Å²) in [6.45, 7) is -0.853. The molecule has 220 valence electrons. The molecule has 1 heterocycles. The number of hydrogen-bond acceptors (Lipinski definition) is 10. The fraction of sp³-hybridized carbons (Fsp3) is 0.167. The maximum absolute atomic E-state index is 12.1. The molecule has 0 amide bonds. The molecule has 0 fully saturated rings. The molecule has 0 aliphatic rings. The zero-order valence-electron chi connectivity index (χ0n) is 22.5. The van der Waals surface area contributed by atoms with Crippen molar-refractivity contribution in [2.24, 2.45) is 0 Å². The molecule has 0 bridgehead atoms. The Hall–Kier alpha value is -5.04. The van der Waals surface area contributed by atoms with Crippen LogP contribution in [0.3, 0.4) is 0 Å². The molecular formula is C30H25ClN4O8. The maximum atomic E-state index is 12.1. The Morgan fingerprint density at radius 1 is 0.953 bits per heavy atom. The van der Waals surface area contributed by atoms with Gasteiger partial charge in [0.1, 0.15) is 36.0 Å². The lowest BCUT2D eigenvalue weighted by molar-refractivity contribution is -0.386. The van der Waals surface area contributed by atoms with Crippen LogP contribution in [-0.4, -0.2) is 44.1 Å². The van der Waals surface area contributed by atoms with E-state index >= 15 is 0 Å². The van der Waals surface area contributed by atoms with Crippen molar-refractivity contribution >= 4 is 34.3 Å². The number of nitro benzene ring substituents is 1. The number of nitro groups is 1. The fourth-order valence-corrected chi connectivity index (χ4v) is 4.64. The Morgan fingerprint density at radius 2 is 1.72 bits per heavy atom. The Balaban J connectivity index is 1.44. The highest BCUT2D eigenvalue weighted by atomic mass is 35.5. The number of nitrogens with one attached hydrogen (secondary N) is 1. The predicted octanol–water partition coefficient (Wildman–Crippen LogP) is 5.14. The molecule has 1 unspecified atom stereocenters. The van der Waals surface area contributed by atoms with Crippen LogP contribution < -0.4 is 14.8 Å². The number of rotatable bonds is 13. The number of carbonyl (C=O) groups is 1. The number of carboxylic acid groups (broad SMARTS) is 1. The first-order chi connectivity index (χ1) is 20.8. The average molecular weight is 605 g/mol. The first-order valence-corrected chi connectivity index (χ1v) is 13.4. The monoisotopic (exact) mass is 604 g/mol. The third-order valence-corrected chi connectivity index (χ3v) is 7.06. The smallest absolute Gasteiger partial charge is 0.323 e. The van der Waals surface area contributed by atoms with Crippen LogP contribution >= 0.6 is 11.6 Å². The fourth-order valence-electron chi connectivity index (χ4n) is 4.35. The zero-order valence-corrected chi connectivity index (χ0v) is 23.2. The number of ether oxygens (including phenoxy) is 2. The van der Waals surface area contributed by atoms with Crippen molar-refractivity contribution in [2.75, 3.05) is 6.61 Å². The van der Waals surface area contributed by atoms with Gasteiger partial charge in [-0.25, -0.2) is 4.63 Å². The van der Waals surface area contributed by atoms with E-state index < -0.39 is 23.5 Å². The minimum absolute atomic E-state index is 0.0420. The molecule has 12 nitrogen and oxygen atoms in total. The van der Waals surface area contributed by atoms with Crippen LogP contribution in [0.25, 0.3) is 22.2 Å². The van der Waals surface area contributed by atoms with Gasteiger partial charge in [0.25, 0.3) is 0 Å². The van der Waals surface area contributed by atoms with Gasteiger partial charge in [0.2, 0.25) is 5.75 Å². The highest BCUT2D eigenvalue weighted by Gasteiger charge is 2.23. The van der Waals surface area contributed by atoms with E-state index in [2.05, 4.69) is 15.6 Å². The van der Waals surface area contributed by atoms with Crippen LogP contribution in [0.1, 0.15) is 16.7 Å². The van der Waals surface area contributed by atoms with E-state index in [1.165, 1.54) is 12.1 Å². The van der Waals surface area contributed by atoms with E-state index in [-0.39, 0.29) is 42.5 Å². The van der Waals surface area contributed by atoms with E-state index in [0.717, 1.165) is 11.1 Å². The second-order valence-corrected chi connectivity index (χ2v) is 9.83. The number of carboxylic acids is 1. The largest absolute Gasteiger partial charge is 0.488 e. The first kappa shape index (κ1) is 29.5. The number of hydrogen-bond donors (Lipinski definition) is 3. The van der Waals surface area contributed by atoms with Crippen molar-refractivity contribution in [2.45, 2.75) is 25.8 Å². The Labute approximate surface area is 249 Å². The van der Waals surface area contributed by atoms with Gasteiger partial charge >= 0.3 is 11.7 Å². The normalized spacial score (nSPS) is 11.8. The molecule has 13 heteroatoms. The summed E-state index contributed by atoms with van der Waals surface area (Å²) in [6.07, 6.45) is 0. The Kier molecular flexibility index (Phi) is 9.11. The van der Waals surface area contributed by atoms with Crippen molar-refractivity contribution < 1.29 is 34.0 Å². The number of fused-ring (bicyclic) bond motifs is 1. The van der Waals surface area contributed by atoms with Crippen molar-refractivity contribution in [3.63, 3.8) is 0 Å². The van der Waals surface area contributed by atoms with Crippen molar-refractivity contribution in [1.29, 1.82) is 0 Å². The maximum Gasteiger partial charge on any atom is 0.323 e. The summed E-state index contributed by atoms with van der Waals surface area (Å²) in [6, 6.07) is 21.6. The number of aliphatic hydroxyl groups is 1. The molecule has 0 saturated carbocycles. The molecular weight excluding hydrogens is 580 g/mol. The van der Waals surface area contributed by atoms with Gasteiger partial charge in [0.15, 0.2) is 0 Å². The summed E-state index contributed by atoms with van der Waals surface area (Å²) in [5.41, 5.74) is 4.06. The summed E-state index contributed by atoms with van der Waals surface area (Å²) in [5.74, 6) is -1.14. The number of halogens is 1. The van der Waals surface area contributed by atoms with E-state index in [9.17, 15) is 25.1 Å². The van der Waals surface area contributed by atoms with E-state index in [1.807, 2.05) is 42.5 Å². The third kappa shape index (κ3) is 6.89. The third-order valence-electron chi connectivity index (χ3n) is 6.62. The second kappa shape index (κ2) is 13.3. The summed E-state index contributed by atoms with van der Waals surface area (Å²) < 4.78 is 16.7. The summed E-state index contributed by atoms with van der Waals surface area (Å²) in [7, 11) is 0. The van der Waals surface area contributed by atoms with E-state index in [0.29, 0.717) is 27.2 Å². The summed E-state index contributed by atoms with van der Waals surface area (Å²) >= 11 is 6.70. The van der Waals surface area contributed by atoms with E-state index in [1.54, 1.807) is 24.3 Å². The van der Waals surface area contributed by atoms with Crippen LogP contribution in [0.2, 0.25) is 5.02 Å². The quantitative estimate of drug-likeness (QED) is 0.120. The van der Waals surface area contributed by atoms with Gasteiger partial charge in [-0.15, -0.1) is 0 Å². The zero-order chi connectivity index (χ0) is 30.3.